The van der Waals surface area contributed by atoms with Crippen molar-refractivity contribution in [3.05, 3.63) is 35.9 Å². The number of aliphatic carboxylic acids is 1. The lowest BCUT2D eigenvalue weighted by molar-refractivity contribution is -0.431. The number of quaternary nitrogens is 1. The van der Waals surface area contributed by atoms with Gasteiger partial charge in [-0.05, 0) is 12.1 Å². The number of hydrogen-bond acceptors (Lipinski definition) is 4. The van der Waals surface area contributed by atoms with E-state index in [1.807, 2.05) is 6.07 Å². The molecule has 0 saturated heterocycles. The fraction of sp³-hybridized carbons (Fsp3) is 0.273. The van der Waals surface area contributed by atoms with Crippen molar-refractivity contribution >= 4 is 23.6 Å². The third-order valence-corrected chi connectivity index (χ3v) is 3.01. The lowest BCUT2D eigenvalue weighted by Crippen LogP contribution is -2.69. The Labute approximate surface area is 103 Å². The number of carbonyl (C=O) groups is 2. The lowest BCUT2D eigenvalue weighted by atomic mass is 10.2. The quantitative estimate of drug-likeness (QED) is 0.475. The second kappa shape index (κ2) is 6.93. The predicted octanol–water partition coefficient (Wildman–Crippen LogP) is -1.53. The molecule has 0 aromatic heterocycles. The van der Waals surface area contributed by atoms with Crippen molar-refractivity contribution in [3.8, 4) is 0 Å². The average molecular weight is 254 g/mol. The minimum atomic E-state index is -1.17. The molecule has 0 spiro atoms. The largest absolute Gasteiger partial charge is 0.544 e. The van der Waals surface area contributed by atoms with Gasteiger partial charge in [-0.25, -0.2) is 0 Å². The summed E-state index contributed by atoms with van der Waals surface area (Å²) < 4.78 is 0. The Hall–Kier alpha value is -1.53. The number of carboxylic acid groups (broad SMARTS) is 1. The van der Waals surface area contributed by atoms with Gasteiger partial charge in [0, 0.05) is 5.56 Å². The van der Waals surface area contributed by atoms with Crippen molar-refractivity contribution in [1.29, 1.82) is 0 Å². The Bertz CT molecular complexity index is 384. The molecule has 1 aromatic carbocycles. The van der Waals surface area contributed by atoms with Crippen molar-refractivity contribution in [3.63, 3.8) is 0 Å². The molecule has 1 amide bonds. The van der Waals surface area contributed by atoms with Crippen LogP contribution in [0.5, 0.6) is 0 Å². The molecule has 0 aliphatic heterocycles. The average Bonchev–Trinajstić information content (AvgIpc) is 2.35. The van der Waals surface area contributed by atoms with Crippen LogP contribution in [0.2, 0.25) is 0 Å². The smallest absolute Gasteiger partial charge is 0.251 e. The van der Waals surface area contributed by atoms with Crippen LogP contribution in [0.25, 0.3) is 0 Å². The van der Waals surface area contributed by atoms with Gasteiger partial charge < -0.3 is 21.0 Å². The monoisotopic (exact) mass is 254 g/mol. The highest BCUT2D eigenvalue weighted by Gasteiger charge is 2.08. The van der Waals surface area contributed by atoms with Gasteiger partial charge in [-0.2, -0.15) is 0 Å². The molecule has 92 valence electrons. The summed E-state index contributed by atoms with van der Waals surface area (Å²) in [6, 6.07) is 8.07. The first-order valence-electron chi connectivity index (χ1n) is 5.06. The van der Waals surface area contributed by atoms with E-state index in [-0.39, 0.29) is 5.91 Å². The standard InChI is InChI=1S/C11H14N2O3S/c12-9(11(15)16)6-17-7-13-10(14)8-4-2-1-3-5-8/h1-5,9H,6-7,12H2,(H,13,14)(H,15,16)/t9-/m0/s1. The summed E-state index contributed by atoms with van der Waals surface area (Å²) >= 11 is 1.30. The van der Waals surface area contributed by atoms with Gasteiger partial charge in [0.1, 0.15) is 6.04 Å². The lowest BCUT2D eigenvalue weighted by Gasteiger charge is -2.09. The van der Waals surface area contributed by atoms with Crippen LogP contribution in [0.4, 0.5) is 0 Å². The number of thioether (sulfide) groups is 1. The Balaban J connectivity index is 2.24. The molecule has 4 N–H and O–H groups in total. The Morgan fingerprint density at radius 2 is 2.00 bits per heavy atom. The van der Waals surface area contributed by atoms with E-state index in [1.54, 1.807) is 24.3 Å². The molecular weight excluding hydrogens is 240 g/mol. The van der Waals surface area contributed by atoms with Gasteiger partial charge in [-0.15, -0.1) is 11.8 Å². The first-order valence-corrected chi connectivity index (χ1v) is 6.21. The molecule has 17 heavy (non-hydrogen) atoms. The van der Waals surface area contributed by atoms with E-state index in [2.05, 4.69) is 11.1 Å². The first-order chi connectivity index (χ1) is 8.11. The molecule has 5 nitrogen and oxygen atoms in total. The summed E-state index contributed by atoms with van der Waals surface area (Å²) in [5.41, 5.74) is 4.00. The van der Waals surface area contributed by atoms with Gasteiger partial charge in [0.05, 0.1) is 17.6 Å². The third kappa shape index (κ3) is 4.88. The second-order valence-electron chi connectivity index (χ2n) is 3.40. The van der Waals surface area contributed by atoms with Crippen LogP contribution >= 0.6 is 11.8 Å². The van der Waals surface area contributed by atoms with Crippen LogP contribution in [0.1, 0.15) is 10.4 Å². The van der Waals surface area contributed by atoms with Gasteiger partial charge in [0.15, 0.2) is 0 Å². The predicted molar refractivity (Wildman–Crippen MR) is 62.9 cm³/mol. The van der Waals surface area contributed by atoms with Crippen LogP contribution in [0.3, 0.4) is 0 Å². The highest BCUT2D eigenvalue weighted by molar-refractivity contribution is 7.99. The molecule has 0 aliphatic rings. The number of nitrogens with one attached hydrogen (secondary N) is 1. The molecule has 0 saturated carbocycles. The second-order valence-corrected chi connectivity index (χ2v) is 4.43. The number of benzene rings is 1. The van der Waals surface area contributed by atoms with E-state index < -0.39 is 12.0 Å². The first kappa shape index (κ1) is 13.5. The molecule has 0 heterocycles. The van der Waals surface area contributed by atoms with Crippen molar-refractivity contribution in [1.82, 2.24) is 5.32 Å². The van der Waals surface area contributed by atoms with Crippen molar-refractivity contribution in [2.45, 2.75) is 6.04 Å². The topological polar surface area (TPSA) is 96.9 Å². The van der Waals surface area contributed by atoms with Crippen LogP contribution in [0.15, 0.2) is 30.3 Å². The zero-order valence-corrected chi connectivity index (χ0v) is 10.0. The number of hydrogen-bond donors (Lipinski definition) is 2. The van der Waals surface area contributed by atoms with Crippen LogP contribution < -0.4 is 16.2 Å². The SMILES string of the molecule is [NH3+][C@@H](CSCNC(=O)c1ccccc1)C(=O)[O-]. The fourth-order valence-corrected chi connectivity index (χ4v) is 1.85. The molecular formula is C11H14N2O3S. The summed E-state index contributed by atoms with van der Waals surface area (Å²) in [5, 5.41) is 13.1. The van der Waals surface area contributed by atoms with E-state index in [4.69, 9.17) is 0 Å². The summed E-state index contributed by atoms with van der Waals surface area (Å²) in [7, 11) is 0. The van der Waals surface area contributed by atoms with Crippen molar-refractivity contribution in [2.24, 2.45) is 0 Å². The molecule has 1 atom stereocenters. The summed E-state index contributed by atoms with van der Waals surface area (Å²) in [6.45, 7) is 0. The van der Waals surface area contributed by atoms with Gasteiger partial charge >= 0.3 is 0 Å². The molecule has 0 fully saturated rings. The van der Waals surface area contributed by atoms with E-state index in [0.29, 0.717) is 17.2 Å². The van der Waals surface area contributed by atoms with Crippen LogP contribution in [-0.2, 0) is 4.79 Å². The highest BCUT2D eigenvalue weighted by Crippen LogP contribution is 2.01. The zero-order valence-electron chi connectivity index (χ0n) is 9.22. The fourth-order valence-electron chi connectivity index (χ4n) is 1.08. The van der Waals surface area contributed by atoms with Gasteiger partial charge in [0.2, 0.25) is 0 Å². The summed E-state index contributed by atoms with van der Waals surface area (Å²) in [4.78, 5) is 21.9. The third-order valence-electron chi connectivity index (χ3n) is 2.02. The summed E-state index contributed by atoms with van der Waals surface area (Å²) in [6.07, 6.45) is 0. The Kier molecular flexibility index (Phi) is 5.51. The molecule has 0 unspecified atom stereocenters. The highest BCUT2D eigenvalue weighted by atomic mass is 32.2. The number of rotatable bonds is 6. The maximum Gasteiger partial charge on any atom is 0.251 e. The molecule has 0 bridgehead atoms. The van der Waals surface area contributed by atoms with Crippen LogP contribution in [-0.4, -0.2) is 29.5 Å². The van der Waals surface area contributed by atoms with E-state index in [1.165, 1.54) is 11.8 Å². The van der Waals surface area contributed by atoms with Crippen molar-refractivity contribution in [2.75, 3.05) is 11.6 Å². The maximum atomic E-state index is 11.6. The van der Waals surface area contributed by atoms with E-state index in [9.17, 15) is 14.7 Å². The minimum absolute atomic E-state index is 0.174. The molecule has 0 radical (unpaired) electrons. The minimum Gasteiger partial charge on any atom is -0.544 e. The molecule has 1 aromatic rings. The van der Waals surface area contributed by atoms with Crippen molar-refractivity contribution < 1.29 is 20.4 Å². The Morgan fingerprint density at radius 3 is 2.59 bits per heavy atom. The van der Waals surface area contributed by atoms with E-state index >= 15 is 0 Å². The van der Waals surface area contributed by atoms with Gasteiger partial charge in [-0.1, -0.05) is 18.2 Å². The zero-order chi connectivity index (χ0) is 12.7. The van der Waals surface area contributed by atoms with Gasteiger partial charge in [0.25, 0.3) is 5.91 Å². The van der Waals surface area contributed by atoms with Crippen LogP contribution in [0, 0.1) is 0 Å². The summed E-state index contributed by atoms with van der Waals surface area (Å²) in [5.74, 6) is -0.677. The maximum absolute atomic E-state index is 11.6. The van der Waals surface area contributed by atoms with Gasteiger partial charge in [-0.3, -0.25) is 4.79 Å². The number of carbonyl (C=O) groups excluding carboxylic acids is 2. The molecule has 6 heteroatoms. The number of amides is 1. The molecule has 0 aliphatic carbocycles. The normalized spacial score (nSPS) is 11.8. The molecule has 1 rings (SSSR count). The Morgan fingerprint density at radius 1 is 1.35 bits per heavy atom. The van der Waals surface area contributed by atoms with E-state index in [0.717, 1.165) is 0 Å². The number of carboxylic acids is 1.